The van der Waals surface area contributed by atoms with E-state index in [-0.39, 0.29) is 17.6 Å². The first kappa shape index (κ1) is 20.2. The van der Waals surface area contributed by atoms with Crippen LogP contribution >= 0.6 is 27.5 Å². The summed E-state index contributed by atoms with van der Waals surface area (Å²) >= 11 is 9.44. The number of hydrogen-bond donors (Lipinski definition) is 0. The zero-order valence-corrected chi connectivity index (χ0v) is 18.5. The summed E-state index contributed by atoms with van der Waals surface area (Å²) in [5.74, 6) is -0.573. The minimum atomic E-state index is -1.19. The molecule has 0 fully saturated rings. The van der Waals surface area contributed by atoms with Gasteiger partial charge in [0, 0.05) is 25.2 Å². The van der Waals surface area contributed by atoms with E-state index in [1.807, 2.05) is 0 Å². The molecular formula is C17H19BrClFN4O2Si. The quantitative estimate of drug-likeness (QED) is 0.392. The van der Waals surface area contributed by atoms with Crippen molar-refractivity contribution in [2.24, 2.45) is 0 Å². The highest BCUT2D eigenvalue weighted by molar-refractivity contribution is 9.10. The summed E-state index contributed by atoms with van der Waals surface area (Å²) in [6.45, 7) is 7.58. The van der Waals surface area contributed by atoms with Crippen LogP contribution in [0, 0.1) is 5.82 Å². The smallest absolute Gasteiger partial charge is 0.273 e. The first-order chi connectivity index (χ1) is 12.7. The van der Waals surface area contributed by atoms with Crippen molar-refractivity contribution in [2.45, 2.75) is 32.4 Å². The lowest BCUT2D eigenvalue weighted by Gasteiger charge is -2.15. The lowest BCUT2D eigenvalue weighted by atomic mass is 10.3. The van der Waals surface area contributed by atoms with Crippen molar-refractivity contribution < 1.29 is 9.13 Å². The molecule has 3 aromatic rings. The van der Waals surface area contributed by atoms with Gasteiger partial charge in [0.05, 0.1) is 5.52 Å². The van der Waals surface area contributed by atoms with E-state index in [0.29, 0.717) is 22.1 Å². The van der Waals surface area contributed by atoms with Gasteiger partial charge in [-0.25, -0.2) is 9.07 Å². The molecule has 144 valence electrons. The van der Waals surface area contributed by atoms with Crippen molar-refractivity contribution in [1.29, 1.82) is 0 Å². The molecule has 2 aromatic heterocycles. The van der Waals surface area contributed by atoms with Gasteiger partial charge in [-0.2, -0.15) is 14.9 Å². The fourth-order valence-electron chi connectivity index (χ4n) is 2.48. The van der Waals surface area contributed by atoms with Crippen molar-refractivity contribution in [1.82, 2.24) is 19.6 Å². The van der Waals surface area contributed by atoms with Gasteiger partial charge < -0.3 is 4.74 Å². The number of fused-ring (bicyclic) bond motifs is 1. The van der Waals surface area contributed by atoms with Crippen LogP contribution in [0.25, 0.3) is 16.7 Å². The third-order valence-corrected chi connectivity index (χ3v) is 6.55. The summed E-state index contributed by atoms with van der Waals surface area (Å²) in [5.41, 5.74) is 0.287. The molecule has 0 saturated carbocycles. The van der Waals surface area contributed by atoms with Gasteiger partial charge in [-0.1, -0.05) is 37.3 Å². The molecule has 0 unspecified atom stereocenters. The van der Waals surface area contributed by atoms with E-state index in [1.165, 1.54) is 22.9 Å². The highest BCUT2D eigenvalue weighted by atomic mass is 79.9. The van der Waals surface area contributed by atoms with E-state index < -0.39 is 19.5 Å². The molecule has 0 saturated heterocycles. The number of hydrogen-bond acceptors (Lipinski definition) is 4. The van der Waals surface area contributed by atoms with Crippen molar-refractivity contribution >= 4 is 46.6 Å². The highest BCUT2D eigenvalue weighted by Gasteiger charge is 2.18. The first-order valence-corrected chi connectivity index (χ1v) is 13.2. The van der Waals surface area contributed by atoms with E-state index in [2.05, 4.69) is 45.8 Å². The maximum absolute atomic E-state index is 14.2. The molecular weight excluding hydrogens is 455 g/mol. The van der Waals surface area contributed by atoms with E-state index >= 15 is 0 Å². The first-order valence-electron chi connectivity index (χ1n) is 8.36. The molecule has 0 radical (unpaired) electrons. The average Bonchev–Trinajstić information content (AvgIpc) is 2.86. The van der Waals surface area contributed by atoms with Gasteiger partial charge >= 0.3 is 0 Å². The predicted molar refractivity (Wildman–Crippen MR) is 110 cm³/mol. The molecule has 27 heavy (non-hydrogen) atoms. The van der Waals surface area contributed by atoms with Crippen LogP contribution in [0.3, 0.4) is 0 Å². The van der Waals surface area contributed by atoms with Gasteiger partial charge in [0.1, 0.15) is 23.8 Å². The van der Waals surface area contributed by atoms with E-state index in [1.54, 1.807) is 6.07 Å². The summed E-state index contributed by atoms with van der Waals surface area (Å²) in [4.78, 5) is 12.6. The minimum absolute atomic E-state index is 0.0274. The Morgan fingerprint density at radius 2 is 2.04 bits per heavy atom. The van der Waals surface area contributed by atoms with Crippen LogP contribution in [0.2, 0.25) is 30.8 Å². The van der Waals surface area contributed by atoms with Crippen LogP contribution in [-0.2, 0) is 11.5 Å². The molecule has 2 heterocycles. The third-order valence-electron chi connectivity index (χ3n) is 3.95. The molecule has 3 rings (SSSR count). The largest absolute Gasteiger partial charge is 0.360 e. The Hall–Kier alpha value is -1.55. The summed E-state index contributed by atoms with van der Waals surface area (Å²) in [6, 6.07) is 6.79. The molecule has 0 N–H and O–H groups in total. The second-order valence-corrected chi connectivity index (χ2v) is 14.2. The molecule has 6 nitrogen and oxygen atoms in total. The molecule has 0 amide bonds. The molecule has 0 spiro atoms. The maximum atomic E-state index is 14.2. The van der Waals surface area contributed by atoms with Crippen molar-refractivity contribution in [3.05, 3.63) is 50.1 Å². The van der Waals surface area contributed by atoms with E-state index in [0.717, 1.165) is 10.7 Å². The zero-order valence-electron chi connectivity index (χ0n) is 15.2. The Morgan fingerprint density at radius 1 is 1.30 bits per heavy atom. The second-order valence-electron chi connectivity index (χ2n) is 7.34. The monoisotopic (exact) mass is 472 g/mol. The van der Waals surface area contributed by atoms with Gasteiger partial charge in [0.25, 0.3) is 5.56 Å². The number of rotatable bonds is 6. The normalized spacial score (nSPS) is 12.1. The van der Waals surface area contributed by atoms with Crippen molar-refractivity contribution in [3.8, 4) is 5.69 Å². The molecule has 1 aromatic carbocycles. The van der Waals surface area contributed by atoms with Gasteiger partial charge in [0.2, 0.25) is 0 Å². The fourth-order valence-corrected chi connectivity index (χ4v) is 3.97. The van der Waals surface area contributed by atoms with Crippen molar-refractivity contribution in [2.75, 3.05) is 6.61 Å². The topological polar surface area (TPSA) is 61.9 Å². The number of benzene rings is 1. The Labute approximate surface area is 170 Å². The summed E-state index contributed by atoms with van der Waals surface area (Å²) in [5, 5.41) is 8.54. The maximum Gasteiger partial charge on any atom is 0.273 e. The third kappa shape index (κ3) is 4.48. The number of ether oxygens (including phenoxy) is 1. The van der Waals surface area contributed by atoms with Gasteiger partial charge in [-0.15, -0.1) is 0 Å². The molecule has 0 atom stereocenters. The van der Waals surface area contributed by atoms with Gasteiger partial charge in [-0.3, -0.25) is 4.79 Å². The number of aromatic nitrogens is 4. The molecule has 0 aliphatic rings. The summed E-state index contributed by atoms with van der Waals surface area (Å²) < 4.78 is 22.8. The number of para-hydroxylation sites is 1. The minimum Gasteiger partial charge on any atom is -0.360 e. The second kappa shape index (κ2) is 7.82. The van der Waals surface area contributed by atoms with Gasteiger partial charge in [-0.05, 0) is 34.1 Å². The van der Waals surface area contributed by atoms with Crippen LogP contribution in [0.1, 0.15) is 0 Å². The average molecular weight is 474 g/mol. The predicted octanol–water partition coefficient (Wildman–Crippen LogP) is 4.45. The molecule has 0 aliphatic carbocycles. The SMILES string of the molecule is C[Si](C)(C)CCOCn1nc(Cl)c2nn(-c3c(F)cccc3Br)c(=O)cc21. The Kier molecular flexibility index (Phi) is 5.85. The van der Waals surface area contributed by atoms with Gasteiger partial charge in [0.15, 0.2) is 5.15 Å². The Balaban J connectivity index is 1.96. The van der Waals surface area contributed by atoms with E-state index in [9.17, 15) is 9.18 Å². The summed E-state index contributed by atoms with van der Waals surface area (Å²) in [6.07, 6.45) is 0. The standard InChI is InChI=1S/C17H19BrClFN4O2Si/c1-27(2,3)8-7-26-10-23-13-9-14(25)24(21-15(13)17(19)22-23)16-11(18)5-4-6-12(16)20/h4-6,9H,7-8,10H2,1-3H3. The fraction of sp³-hybridized carbons (Fsp3) is 0.353. The zero-order chi connectivity index (χ0) is 19.8. The Morgan fingerprint density at radius 3 is 2.70 bits per heavy atom. The molecule has 10 heteroatoms. The van der Waals surface area contributed by atoms with Crippen molar-refractivity contribution in [3.63, 3.8) is 0 Å². The van der Waals surface area contributed by atoms with Crippen LogP contribution < -0.4 is 5.56 Å². The number of nitrogens with zero attached hydrogens (tertiary/aromatic N) is 4. The van der Waals surface area contributed by atoms with Crippen LogP contribution in [-0.4, -0.2) is 34.2 Å². The Bertz CT molecular complexity index is 1030. The van der Waals surface area contributed by atoms with Crippen LogP contribution in [0.15, 0.2) is 33.5 Å². The highest BCUT2D eigenvalue weighted by Crippen LogP contribution is 2.24. The number of halogens is 3. The molecule has 0 aliphatic heterocycles. The lowest BCUT2D eigenvalue weighted by molar-refractivity contribution is 0.0817. The summed E-state index contributed by atoms with van der Waals surface area (Å²) in [7, 11) is -1.19. The van der Waals surface area contributed by atoms with E-state index in [4.69, 9.17) is 16.3 Å². The van der Waals surface area contributed by atoms with Crippen LogP contribution in [0.4, 0.5) is 4.39 Å². The van der Waals surface area contributed by atoms with Crippen LogP contribution in [0.5, 0.6) is 0 Å². The lowest BCUT2D eigenvalue weighted by Crippen LogP contribution is -2.23. The molecule has 0 bridgehead atoms.